The maximum Gasteiger partial charge on any atom is 0.246 e. The zero-order valence-corrected chi connectivity index (χ0v) is 13.4. The fraction of sp³-hybridized carbons (Fsp3) is 0.400. The van der Waals surface area contributed by atoms with E-state index in [-0.39, 0.29) is 17.0 Å². The number of para-hydroxylation sites is 1. The van der Waals surface area contributed by atoms with Gasteiger partial charge >= 0.3 is 0 Å². The van der Waals surface area contributed by atoms with E-state index in [0.29, 0.717) is 13.2 Å². The Labute approximate surface area is 130 Å². The van der Waals surface area contributed by atoms with Gasteiger partial charge in [-0.1, -0.05) is 18.2 Å². The first-order valence-electron chi connectivity index (χ1n) is 7.22. The van der Waals surface area contributed by atoms with Crippen molar-refractivity contribution < 1.29 is 13.2 Å². The Balaban J connectivity index is 1.91. The fourth-order valence-electron chi connectivity index (χ4n) is 2.50. The van der Waals surface area contributed by atoms with Crippen molar-refractivity contribution in [2.24, 2.45) is 0 Å². The molecule has 118 valence electrons. The van der Waals surface area contributed by atoms with E-state index in [9.17, 15) is 8.42 Å². The van der Waals surface area contributed by atoms with Gasteiger partial charge in [0, 0.05) is 12.6 Å². The van der Waals surface area contributed by atoms with Gasteiger partial charge in [-0.25, -0.2) is 13.1 Å². The van der Waals surface area contributed by atoms with Crippen LogP contribution in [-0.4, -0.2) is 47.8 Å². The van der Waals surface area contributed by atoms with Crippen LogP contribution >= 0.6 is 0 Å². The normalized spacial score (nSPS) is 23.5. The highest BCUT2D eigenvalue weighted by Crippen LogP contribution is 2.22. The standard InChI is InChI=1S/C15H19N3O3S/c1-12-11-21-13(2)9-18(12)22(19,20)15-8-16-17(10-15)14-6-4-3-5-7-14/h3-8,10,12-13H,9,11H2,1-2H3/t12-,13-/m1/s1. The molecule has 1 aliphatic rings. The van der Waals surface area contributed by atoms with Gasteiger partial charge in [0.25, 0.3) is 0 Å². The van der Waals surface area contributed by atoms with Crippen molar-refractivity contribution in [1.29, 1.82) is 0 Å². The van der Waals surface area contributed by atoms with E-state index in [2.05, 4.69) is 5.10 Å². The molecule has 1 fully saturated rings. The predicted octanol–water partition coefficient (Wildman–Crippen LogP) is 1.67. The lowest BCUT2D eigenvalue weighted by atomic mass is 10.2. The summed E-state index contributed by atoms with van der Waals surface area (Å²) in [6.07, 6.45) is 2.85. The molecule has 1 aromatic heterocycles. The number of aromatic nitrogens is 2. The van der Waals surface area contributed by atoms with E-state index < -0.39 is 10.0 Å². The number of benzene rings is 1. The maximum atomic E-state index is 12.8. The molecule has 2 heterocycles. The van der Waals surface area contributed by atoms with E-state index in [1.54, 1.807) is 10.9 Å². The molecule has 2 aromatic rings. The van der Waals surface area contributed by atoms with Gasteiger partial charge in [0.05, 0.1) is 30.8 Å². The average Bonchev–Trinajstić information content (AvgIpc) is 3.01. The molecule has 3 rings (SSSR count). The Morgan fingerprint density at radius 2 is 1.95 bits per heavy atom. The topological polar surface area (TPSA) is 64.4 Å². The van der Waals surface area contributed by atoms with Gasteiger partial charge in [-0.3, -0.25) is 0 Å². The Bertz CT molecular complexity index is 742. The van der Waals surface area contributed by atoms with Gasteiger partial charge in [0.2, 0.25) is 10.0 Å². The van der Waals surface area contributed by atoms with Gasteiger partial charge in [-0.2, -0.15) is 9.40 Å². The first kappa shape index (κ1) is 15.2. The quantitative estimate of drug-likeness (QED) is 0.862. The highest BCUT2D eigenvalue weighted by molar-refractivity contribution is 7.89. The third-order valence-electron chi connectivity index (χ3n) is 3.74. The maximum absolute atomic E-state index is 12.8. The molecule has 0 N–H and O–H groups in total. The van der Waals surface area contributed by atoms with Crippen molar-refractivity contribution in [3.05, 3.63) is 42.7 Å². The lowest BCUT2D eigenvalue weighted by Crippen LogP contribution is -2.49. The molecular formula is C15H19N3O3S. The zero-order valence-electron chi connectivity index (χ0n) is 12.6. The summed E-state index contributed by atoms with van der Waals surface area (Å²) >= 11 is 0. The monoisotopic (exact) mass is 321 g/mol. The van der Waals surface area contributed by atoms with E-state index in [4.69, 9.17) is 4.74 Å². The average molecular weight is 321 g/mol. The summed E-state index contributed by atoms with van der Waals surface area (Å²) in [5, 5.41) is 4.17. The Morgan fingerprint density at radius 1 is 1.23 bits per heavy atom. The van der Waals surface area contributed by atoms with Gasteiger partial charge in [-0.05, 0) is 26.0 Å². The summed E-state index contributed by atoms with van der Waals surface area (Å²) in [4.78, 5) is 0.206. The molecule has 22 heavy (non-hydrogen) atoms. The fourth-order valence-corrected chi connectivity index (χ4v) is 4.13. The minimum Gasteiger partial charge on any atom is -0.375 e. The molecule has 1 aromatic carbocycles. The van der Waals surface area contributed by atoms with Crippen molar-refractivity contribution in [2.75, 3.05) is 13.2 Å². The molecule has 0 aliphatic carbocycles. The molecule has 1 saturated heterocycles. The molecule has 2 atom stereocenters. The van der Waals surface area contributed by atoms with Crippen LogP contribution in [0.25, 0.3) is 5.69 Å². The Hall–Kier alpha value is -1.70. The molecule has 0 saturated carbocycles. The number of hydrogen-bond donors (Lipinski definition) is 0. The molecule has 0 bridgehead atoms. The molecule has 0 radical (unpaired) electrons. The van der Waals surface area contributed by atoms with E-state index in [1.165, 1.54) is 10.5 Å². The molecule has 0 spiro atoms. The second kappa shape index (κ2) is 5.83. The van der Waals surface area contributed by atoms with Crippen molar-refractivity contribution >= 4 is 10.0 Å². The molecule has 7 heteroatoms. The zero-order chi connectivity index (χ0) is 15.7. The Kier molecular flexibility index (Phi) is 4.03. The number of morpholine rings is 1. The van der Waals surface area contributed by atoms with Crippen LogP contribution in [0.1, 0.15) is 13.8 Å². The lowest BCUT2D eigenvalue weighted by molar-refractivity contribution is -0.0170. The smallest absolute Gasteiger partial charge is 0.246 e. The number of ether oxygens (including phenoxy) is 1. The second-order valence-corrected chi connectivity index (χ2v) is 7.41. The summed E-state index contributed by atoms with van der Waals surface area (Å²) in [5.41, 5.74) is 0.826. The largest absolute Gasteiger partial charge is 0.375 e. The van der Waals surface area contributed by atoms with Gasteiger partial charge in [-0.15, -0.1) is 0 Å². The van der Waals surface area contributed by atoms with Gasteiger partial charge in [0.15, 0.2) is 0 Å². The minimum atomic E-state index is -3.56. The number of nitrogens with zero attached hydrogens (tertiary/aromatic N) is 3. The highest BCUT2D eigenvalue weighted by atomic mass is 32.2. The van der Waals surface area contributed by atoms with Crippen molar-refractivity contribution in [3.8, 4) is 5.69 Å². The van der Waals surface area contributed by atoms with Crippen LogP contribution in [0.3, 0.4) is 0 Å². The summed E-state index contributed by atoms with van der Waals surface area (Å²) in [5.74, 6) is 0. The van der Waals surface area contributed by atoms with Crippen LogP contribution < -0.4 is 0 Å². The molecule has 0 amide bonds. The van der Waals surface area contributed by atoms with E-state index in [0.717, 1.165) is 5.69 Å². The Morgan fingerprint density at radius 3 is 2.68 bits per heavy atom. The number of hydrogen-bond acceptors (Lipinski definition) is 4. The third kappa shape index (κ3) is 2.79. The molecule has 0 unspecified atom stereocenters. The van der Waals surface area contributed by atoms with E-state index >= 15 is 0 Å². The molecular weight excluding hydrogens is 302 g/mol. The number of sulfonamides is 1. The molecule has 1 aliphatic heterocycles. The van der Waals surface area contributed by atoms with Crippen LogP contribution in [0.4, 0.5) is 0 Å². The number of rotatable bonds is 3. The van der Waals surface area contributed by atoms with E-state index in [1.807, 2.05) is 44.2 Å². The third-order valence-corrected chi connectivity index (χ3v) is 5.67. The predicted molar refractivity (Wildman–Crippen MR) is 82.3 cm³/mol. The van der Waals surface area contributed by atoms with Crippen LogP contribution in [0.2, 0.25) is 0 Å². The first-order chi connectivity index (χ1) is 10.5. The van der Waals surface area contributed by atoms with Crippen LogP contribution in [0, 0.1) is 0 Å². The SMILES string of the molecule is C[C@@H]1CN(S(=O)(=O)c2cnn(-c3ccccc3)c2)[C@H](C)CO1. The van der Waals surface area contributed by atoms with Gasteiger partial charge in [0.1, 0.15) is 4.90 Å². The summed E-state index contributed by atoms with van der Waals surface area (Å²) < 4.78 is 34.2. The van der Waals surface area contributed by atoms with Crippen molar-refractivity contribution in [1.82, 2.24) is 14.1 Å². The molecule has 6 nitrogen and oxygen atoms in total. The van der Waals surface area contributed by atoms with Gasteiger partial charge < -0.3 is 4.74 Å². The van der Waals surface area contributed by atoms with Crippen molar-refractivity contribution in [2.45, 2.75) is 30.9 Å². The van der Waals surface area contributed by atoms with Crippen molar-refractivity contribution in [3.63, 3.8) is 0 Å². The highest BCUT2D eigenvalue weighted by Gasteiger charge is 2.34. The lowest BCUT2D eigenvalue weighted by Gasteiger charge is -2.35. The second-order valence-electron chi connectivity index (χ2n) is 5.52. The first-order valence-corrected chi connectivity index (χ1v) is 8.66. The summed E-state index contributed by atoms with van der Waals surface area (Å²) in [7, 11) is -3.56. The van der Waals surface area contributed by atoms with Crippen LogP contribution in [-0.2, 0) is 14.8 Å². The van der Waals surface area contributed by atoms with Crippen LogP contribution in [0.15, 0.2) is 47.6 Å². The summed E-state index contributed by atoms with van der Waals surface area (Å²) in [6.45, 7) is 4.50. The van der Waals surface area contributed by atoms with Crippen LogP contribution in [0.5, 0.6) is 0 Å². The minimum absolute atomic E-state index is 0.102. The summed E-state index contributed by atoms with van der Waals surface area (Å²) in [6, 6.07) is 9.25.